The minimum atomic E-state index is -3.87. The third-order valence-corrected chi connectivity index (χ3v) is 8.20. The number of halogens is 2. The second-order valence-corrected chi connectivity index (χ2v) is 10.4. The number of aromatic nitrogens is 4. The van der Waals surface area contributed by atoms with Gasteiger partial charge in [-0.25, -0.2) is 17.2 Å². The Hall–Kier alpha value is -3.11. The van der Waals surface area contributed by atoms with Crippen LogP contribution in [0.3, 0.4) is 0 Å². The summed E-state index contributed by atoms with van der Waals surface area (Å²) in [5.74, 6) is 0.0599. The summed E-state index contributed by atoms with van der Waals surface area (Å²) in [4.78, 5) is -0.0934. The highest BCUT2D eigenvalue weighted by atomic mass is 32.2. The van der Waals surface area contributed by atoms with Crippen LogP contribution in [-0.2, 0) is 16.6 Å². The first kappa shape index (κ1) is 21.7. The van der Waals surface area contributed by atoms with Gasteiger partial charge in [0.25, 0.3) is 6.43 Å². The summed E-state index contributed by atoms with van der Waals surface area (Å²) in [7, 11) is -3.87. The zero-order chi connectivity index (χ0) is 23.2. The summed E-state index contributed by atoms with van der Waals surface area (Å²) >= 11 is 0. The monoisotopic (exact) mass is 471 g/mol. The largest absolute Gasteiger partial charge is 0.285 e. The van der Waals surface area contributed by atoms with Crippen LogP contribution in [0.5, 0.6) is 0 Å². The molecule has 10 heteroatoms. The van der Waals surface area contributed by atoms with E-state index in [-0.39, 0.29) is 22.4 Å². The molecule has 1 aliphatic rings. The van der Waals surface area contributed by atoms with E-state index in [1.807, 2.05) is 42.2 Å². The summed E-state index contributed by atoms with van der Waals surface area (Å²) in [6, 6.07) is 10.9. The number of alkyl halides is 2. The fourth-order valence-electron chi connectivity index (χ4n) is 4.59. The zero-order valence-corrected chi connectivity index (χ0v) is 18.7. The molecule has 0 spiro atoms. The SMILES string of the molecule is C[C@H]1C[C@@H](Cn2ncc3cc(-c4cn[nH]c4)ccc32)CN1S(=O)(=O)c1cccc(C(F)F)c1. The normalized spacial score (nSPS) is 19.6. The lowest BCUT2D eigenvalue weighted by Gasteiger charge is -2.21. The van der Waals surface area contributed by atoms with Gasteiger partial charge in [-0.2, -0.15) is 14.5 Å². The summed E-state index contributed by atoms with van der Waals surface area (Å²) in [6.07, 6.45) is 3.35. The van der Waals surface area contributed by atoms with Gasteiger partial charge in [0, 0.05) is 41.8 Å². The highest BCUT2D eigenvalue weighted by molar-refractivity contribution is 7.89. The number of hydrogen-bond donors (Lipinski definition) is 1. The molecule has 1 saturated heterocycles. The molecule has 2 aromatic carbocycles. The molecule has 4 aromatic rings. The van der Waals surface area contributed by atoms with E-state index < -0.39 is 16.4 Å². The molecule has 0 bridgehead atoms. The minimum Gasteiger partial charge on any atom is -0.285 e. The predicted molar refractivity (Wildman–Crippen MR) is 120 cm³/mol. The number of benzene rings is 2. The van der Waals surface area contributed by atoms with Crippen molar-refractivity contribution in [3.8, 4) is 11.1 Å². The van der Waals surface area contributed by atoms with Gasteiger partial charge < -0.3 is 0 Å². The second kappa shape index (κ2) is 8.35. The number of nitrogens with zero attached hydrogens (tertiary/aromatic N) is 4. The molecule has 0 radical (unpaired) electrons. The van der Waals surface area contributed by atoms with Crippen LogP contribution in [-0.4, -0.2) is 45.3 Å². The zero-order valence-electron chi connectivity index (χ0n) is 17.9. The van der Waals surface area contributed by atoms with E-state index >= 15 is 0 Å². The van der Waals surface area contributed by atoms with E-state index in [0.717, 1.165) is 28.1 Å². The topological polar surface area (TPSA) is 83.9 Å². The van der Waals surface area contributed by atoms with Gasteiger partial charge in [0.1, 0.15) is 0 Å². The Bertz CT molecular complexity index is 1390. The Morgan fingerprint density at radius 2 is 2.00 bits per heavy atom. The van der Waals surface area contributed by atoms with Gasteiger partial charge >= 0.3 is 0 Å². The molecule has 0 amide bonds. The van der Waals surface area contributed by atoms with Crippen molar-refractivity contribution in [2.45, 2.75) is 37.3 Å². The van der Waals surface area contributed by atoms with Gasteiger partial charge in [-0.05, 0) is 49.1 Å². The Kier molecular flexibility index (Phi) is 5.49. The maximum atomic E-state index is 13.2. The van der Waals surface area contributed by atoms with Gasteiger partial charge in [-0.15, -0.1) is 0 Å². The van der Waals surface area contributed by atoms with E-state index in [4.69, 9.17) is 0 Å². The fourth-order valence-corrected chi connectivity index (χ4v) is 6.36. The van der Waals surface area contributed by atoms with Gasteiger partial charge in [0.05, 0.1) is 22.8 Å². The molecule has 1 N–H and O–H groups in total. The van der Waals surface area contributed by atoms with Crippen LogP contribution in [0, 0.1) is 5.92 Å². The minimum absolute atomic E-state index is 0.0599. The van der Waals surface area contributed by atoms with Gasteiger partial charge in [-0.3, -0.25) is 9.78 Å². The van der Waals surface area contributed by atoms with E-state index in [1.54, 1.807) is 6.20 Å². The maximum absolute atomic E-state index is 13.2. The van der Waals surface area contributed by atoms with Gasteiger partial charge in [0.2, 0.25) is 10.0 Å². The molecule has 1 aliphatic heterocycles. The van der Waals surface area contributed by atoms with E-state index in [0.29, 0.717) is 19.5 Å². The predicted octanol–water partition coefficient (Wildman–Crippen LogP) is 4.46. The Morgan fingerprint density at radius 1 is 1.15 bits per heavy atom. The number of nitrogens with one attached hydrogen (secondary N) is 1. The van der Waals surface area contributed by atoms with E-state index in [1.165, 1.54) is 22.5 Å². The fraction of sp³-hybridized carbons (Fsp3) is 0.304. The van der Waals surface area contributed by atoms with Crippen LogP contribution in [0.2, 0.25) is 0 Å². The molecule has 7 nitrogen and oxygen atoms in total. The first-order valence-corrected chi connectivity index (χ1v) is 12.1. The van der Waals surface area contributed by atoms with Crippen molar-refractivity contribution in [1.82, 2.24) is 24.3 Å². The van der Waals surface area contributed by atoms with Gasteiger partial charge in [0.15, 0.2) is 0 Å². The first-order valence-electron chi connectivity index (χ1n) is 10.7. The molecule has 0 aliphatic carbocycles. The van der Waals surface area contributed by atoms with Crippen molar-refractivity contribution in [3.63, 3.8) is 0 Å². The molecule has 3 heterocycles. The number of sulfonamides is 1. The summed E-state index contributed by atoms with van der Waals surface area (Å²) < 4.78 is 55.8. The smallest absolute Gasteiger partial charge is 0.263 e. The number of aromatic amines is 1. The second-order valence-electron chi connectivity index (χ2n) is 8.49. The molecule has 172 valence electrons. The third-order valence-electron chi connectivity index (χ3n) is 6.23. The van der Waals surface area contributed by atoms with Crippen molar-refractivity contribution in [3.05, 3.63) is 66.6 Å². The molecular formula is C23H23F2N5O2S. The number of H-pyrrole nitrogens is 1. The summed E-state index contributed by atoms with van der Waals surface area (Å²) in [5, 5.41) is 12.3. The van der Waals surface area contributed by atoms with Crippen LogP contribution < -0.4 is 0 Å². The quantitative estimate of drug-likeness (QED) is 0.450. The molecule has 5 rings (SSSR count). The standard InChI is InChI=1S/C23H23F2N5O2S/c1-15-7-16(14-30(15)33(31,32)21-4-2-3-18(9-21)23(24)25)13-29-22-6-5-17(8-19(22)12-28-29)20-10-26-27-11-20/h2-6,8-12,15-16,23H,7,13-14H2,1H3,(H,26,27)/t15-,16-/m0/s1. The Balaban J connectivity index is 1.35. The van der Waals surface area contributed by atoms with Crippen LogP contribution >= 0.6 is 0 Å². The number of rotatable bonds is 6. The van der Waals surface area contributed by atoms with E-state index in [9.17, 15) is 17.2 Å². The molecule has 0 saturated carbocycles. The van der Waals surface area contributed by atoms with Crippen molar-refractivity contribution >= 4 is 20.9 Å². The highest BCUT2D eigenvalue weighted by Gasteiger charge is 2.38. The average Bonchev–Trinajstić information content (AvgIpc) is 3.54. The third kappa shape index (κ3) is 4.04. The first-order chi connectivity index (χ1) is 15.8. The van der Waals surface area contributed by atoms with Crippen LogP contribution in [0.4, 0.5) is 8.78 Å². The molecule has 33 heavy (non-hydrogen) atoms. The summed E-state index contributed by atoms with van der Waals surface area (Å²) in [5.41, 5.74) is 2.71. The Morgan fingerprint density at radius 3 is 2.76 bits per heavy atom. The number of hydrogen-bond acceptors (Lipinski definition) is 4. The Labute approximate surface area is 190 Å². The lowest BCUT2D eigenvalue weighted by atomic mass is 10.1. The van der Waals surface area contributed by atoms with Crippen LogP contribution in [0.25, 0.3) is 22.0 Å². The molecule has 0 unspecified atom stereocenters. The molecular weight excluding hydrogens is 448 g/mol. The lowest BCUT2D eigenvalue weighted by Crippen LogP contribution is -2.34. The van der Waals surface area contributed by atoms with Crippen LogP contribution in [0.1, 0.15) is 25.3 Å². The van der Waals surface area contributed by atoms with Crippen molar-refractivity contribution in [1.29, 1.82) is 0 Å². The average molecular weight is 472 g/mol. The van der Waals surface area contributed by atoms with Crippen LogP contribution in [0.15, 0.2) is 66.0 Å². The molecule has 2 atom stereocenters. The van der Waals surface area contributed by atoms with Crippen molar-refractivity contribution in [2.24, 2.45) is 5.92 Å². The maximum Gasteiger partial charge on any atom is 0.263 e. The number of fused-ring (bicyclic) bond motifs is 1. The molecule has 2 aromatic heterocycles. The van der Waals surface area contributed by atoms with Gasteiger partial charge in [-0.1, -0.05) is 18.2 Å². The highest BCUT2D eigenvalue weighted by Crippen LogP contribution is 2.32. The molecule has 1 fully saturated rings. The lowest BCUT2D eigenvalue weighted by molar-refractivity contribution is 0.151. The van der Waals surface area contributed by atoms with E-state index in [2.05, 4.69) is 15.3 Å². The van der Waals surface area contributed by atoms with Crippen molar-refractivity contribution in [2.75, 3.05) is 6.54 Å². The van der Waals surface area contributed by atoms with Crippen molar-refractivity contribution < 1.29 is 17.2 Å². The summed E-state index contributed by atoms with van der Waals surface area (Å²) in [6.45, 7) is 2.74.